The molecule has 4 heteroatoms. The van der Waals surface area contributed by atoms with Gasteiger partial charge >= 0.3 is 0 Å². The third-order valence-electron chi connectivity index (χ3n) is 2.19. The number of thioether (sulfide) groups is 1. The van der Waals surface area contributed by atoms with E-state index in [4.69, 9.17) is 0 Å². The molecule has 0 saturated heterocycles. The number of rotatable bonds is 6. The third-order valence-corrected chi connectivity index (χ3v) is 3.21. The van der Waals surface area contributed by atoms with Crippen LogP contribution >= 0.6 is 11.8 Å². The normalized spacial score (nSPS) is 10.4. The van der Waals surface area contributed by atoms with Crippen LogP contribution in [0.2, 0.25) is 0 Å². The van der Waals surface area contributed by atoms with Gasteiger partial charge in [-0.05, 0) is 24.6 Å². The molecule has 0 aliphatic heterocycles. The number of amides is 1. The van der Waals surface area contributed by atoms with E-state index in [0.717, 1.165) is 5.56 Å². The lowest BCUT2D eigenvalue weighted by Crippen LogP contribution is -2.24. The van der Waals surface area contributed by atoms with Crippen LogP contribution in [0.15, 0.2) is 29.2 Å². The number of hydrogen-bond acceptors (Lipinski definition) is 3. The number of carbonyl (C=O) groups excluding carboxylic acids is 2. The van der Waals surface area contributed by atoms with Gasteiger partial charge in [0.05, 0.1) is 6.42 Å². The first kappa shape index (κ1) is 14.8. The average Bonchev–Trinajstić information content (AvgIpc) is 2.26. The molecule has 0 radical (unpaired) electrons. The maximum atomic E-state index is 11.3. The van der Waals surface area contributed by atoms with Gasteiger partial charge in [-0.3, -0.25) is 9.59 Å². The van der Waals surface area contributed by atoms with Crippen molar-refractivity contribution in [3.05, 3.63) is 29.8 Å². The highest BCUT2D eigenvalue weighted by Gasteiger charge is 2.04. The van der Waals surface area contributed by atoms with Gasteiger partial charge in [0, 0.05) is 16.7 Å². The lowest BCUT2D eigenvalue weighted by molar-refractivity contribution is -0.127. The van der Waals surface area contributed by atoms with Crippen LogP contribution in [0.1, 0.15) is 32.8 Å². The first-order chi connectivity index (χ1) is 8.47. The molecule has 0 aliphatic carbocycles. The van der Waals surface area contributed by atoms with Crippen LogP contribution in [0.4, 0.5) is 0 Å². The highest BCUT2D eigenvalue weighted by molar-refractivity contribution is 7.99. The van der Waals surface area contributed by atoms with Crippen LogP contribution < -0.4 is 5.32 Å². The van der Waals surface area contributed by atoms with Crippen molar-refractivity contribution >= 4 is 23.5 Å². The molecule has 0 atom stereocenters. The zero-order valence-electron chi connectivity index (χ0n) is 11.0. The smallest absolute Gasteiger partial charge is 0.227 e. The Hall–Kier alpha value is -1.29. The van der Waals surface area contributed by atoms with E-state index >= 15 is 0 Å². The number of hydrogen-bond donors (Lipinski definition) is 1. The molecule has 0 unspecified atom stereocenters. The van der Waals surface area contributed by atoms with Crippen molar-refractivity contribution in [2.45, 2.75) is 43.9 Å². The highest BCUT2D eigenvalue weighted by Crippen LogP contribution is 2.22. The summed E-state index contributed by atoms with van der Waals surface area (Å²) in [5, 5.41) is 3.29. The van der Waals surface area contributed by atoms with E-state index in [1.807, 2.05) is 23.9 Å². The Kier molecular flexibility index (Phi) is 5.92. The summed E-state index contributed by atoms with van der Waals surface area (Å²) in [5.41, 5.74) is 1.04. The Balaban J connectivity index is 2.44. The van der Waals surface area contributed by atoms with Gasteiger partial charge in [0.1, 0.15) is 5.78 Å². The quantitative estimate of drug-likeness (QED) is 0.635. The van der Waals surface area contributed by atoms with E-state index in [-0.39, 0.29) is 18.1 Å². The summed E-state index contributed by atoms with van der Waals surface area (Å²) in [6, 6.07) is 8.10. The fourth-order valence-corrected chi connectivity index (χ4v) is 2.28. The molecule has 0 spiro atoms. The van der Waals surface area contributed by atoms with Crippen LogP contribution in [0.3, 0.4) is 0 Å². The van der Waals surface area contributed by atoms with Gasteiger partial charge in [-0.2, -0.15) is 0 Å². The molecule has 0 saturated carbocycles. The second kappa shape index (κ2) is 7.21. The summed E-state index contributed by atoms with van der Waals surface area (Å²) >= 11 is 1.81. The maximum absolute atomic E-state index is 11.3. The topological polar surface area (TPSA) is 46.2 Å². The SMILES string of the molecule is CC(=O)CC(=O)NCc1ccc(SC(C)C)cc1. The fraction of sp³-hybridized carbons (Fsp3) is 0.429. The van der Waals surface area contributed by atoms with E-state index in [9.17, 15) is 9.59 Å². The zero-order chi connectivity index (χ0) is 13.5. The van der Waals surface area contributed by atoms with Gasteiger partial charge < -0.3 is 5.32 Å². The van der Waals surface area contributed by atoms with Crippen LogP contribution in [0.25, 0.3) is 0 Å². The molecule has 3 nitrogen and oxygen atoms in total. The standard InChI is InChI=1S/C14H19NO2S/c1-10(2)18-13-6-4-12(5-7-13)9-15-14(17)8-11(3)16/h4-7,10H,8-9H2,1-3H3,(H,15,17). The van der Waals surface area contributed by atoms with Crippen molar-refractivity contribution in [1.29, 1.82) is 0 Å². The van der Waals surface area contributed by atoms with E-state index < -0.39 is 0 Å². The number of benzene rings is 1. The molecular weight excluding hydrogens is 246 g/mol. The molecule has 0 aliphatic rings. The monoisotopic (exact) mass is 265 g/mol. The molecule has 1 rings (SSSR count). The fourth-order valence-electron chi connectivity index (χ4n) is 1.45. The second-order valence-corrected chi connectivity index (χ2v) is 6.12. The third kappa shape index (κ3) is 5.87. The maximum Gasteiger partial charge on any atom is 0.227 e. The average molecular weight is 265 g/mol. The highest BCUT2D eigenvalue weighted by atomic mass is 32.2. The molecule has 1 amide bonds. The number of ketones is 1. The van der Waals surface area contributed by atoms with Gasteiger partial charge in [-0.25, -0.2) is 0 Å². The Morgan fingerprint density at radius 3 is 2.33 bits per heavy atom. The van der Waals surface area contributed by atoms with Gasteiger partial charge in [0.2, 0.25) is 5.91 Å². The Morgan fingerprint density at radius 2 is 1.83 bits per heavy atom. The van der Waals surface area contributed by atoms with Crippen molar-refractivity contribution in [2.24, 2.45) is 0 Å². The summed E-state index contributed by atoms with van der Waals surface area (Å²) in [4.78, 5) is 23.3. The molecule has 0 aromatic heterocycles. The first-order valence-electron chi connectivity index (χ1n) is 5.99. The van der Waals surface area contributed by atoms with Gasteiger partial charge in [-0.1, -0.05) is 26.0 Å². The number of nitrogens with one attached hydrogen (secondary N) is 1. The Labute approximate surface area is 112 Å². The van der Waals surface area contributed by atoms with E-state index in [1.165, 1.54) is 11.8 Å². The summed E-state index contributed by atoms with van der Waals surface area (Å²) in [6.07, 6.45) is -0.0404. The summed E-state index contributed by atoms with van der Waals surface area (Å²) in [7, 11) is 0. The van der Waals surface area contributed by atoms with E-state index in [0.29, 0.717) is 11.8 Å². The minimum atomic E-state index is -0.219. The molecule has 0 heterocycles. The van der Waals surface area contributed by atoms with Gasteiger partial charge in [0.25, 0.3) is 0 Å². The molecule has 1 aromatic carbocycles. The molecular formula is C14H19NO2S. The predicted molar refractivity (Wildman–Crippen MR) is 74.6 cm³/mol. The molecule has 1 aromatic rings. The number of Topliss-reactive ketones (excluding diaryl/α,β-unsaturated/α-hetero) is 1. The summed E-state index contributed by atoms with van der Waals surface area (Å²) < 4.78 is 0. The van der Waals surface area contributed by atoms with Crippen molar-refractivity contribution in [3.63, 3.8) is 0 Å². The Bertz CT molecular complexity index is 412. The molecule has 1 N–H and O–H groups in total. The second-order valence-electron chi connectivity index (χ2n) is 4.47. The van der Waals surface area contributed by atoms with Crippen LogP contribution in [0, 0.1) is 0 Å². The molecule has 0 fully saturated rings. The first-order valence-corrected chi connectivity index (χ1v) is 6.87. The van der Waals surface area contributed by atoms with Gasteiger partial charge in [0.15, 0.2) is 0 Å². The number of carbonyl (C=O) groups is 2. The van der Waals surface area contributed by atoms with E-state index in [1.54, 1.807) is 0 Å². The van der Waals surface area contributed by atoms with Crippen LogP contribution in [0.5, 0.6) is 0 Å². The van der Waals surface area contributed by atoms with Crippen LogP contribution in [-0.2, 0) is 16.1 Å². The van der Waals surface area contributed by atoms with E-state index in [2.05, 4.69) is 31.3 Å². The lowest BCUT2D eigenvalue weighted by atomic mass is 10.2. The minimum Gasteiger partial charge on any atom is -0.352 e. The molecule has 18 heavy (non-hydrogen) atoms. The Morgan fingerprint density at radius 1 is 1.22 bits per heavy atom. The van der Waals surface area contributed by atoms with Crippen LogP contribution in [-0.4, -0.2) is 16.9 Å². The van der Waals surface area contributed by atoms with Crippen molar-refractivity contribution in [3.8, 4) is 0 Å². The minimum absolute atomic E-state index is 0.0404. The molecule has 0 bridgehead atoms. The summed E-state index contributed by atoms with van der Waals surface area (Å²) in [6.45, 7) is 6.19. The van der Waals surface area contributed by atoms with Gasteiger partial charge in [-0.15, -0.1) is 11.8 Å². The summed E-state index contributed by atoms with van der Waals surface area (Å²) in [5.74, 6) is -0.334. The largest absolute Gasteiger partial charge is 0.352 e. The van der Waals surface area contributed by atoms with Crippen molar-refractivity contribution in [2.75, 3.05) is 0 Å². The predicted octanol–water partition coefficient (Wildman–Crippen LogP) is 2.78. The van der Waals surface area contributed by atoms with Crippen molar-refractivity contribution < 1.29 is 9.59 Å². The van der Waals surface area contributed by atoms with Crippen molar-refractivity contribution in [1.82, 2.24) is 5.32 Å². The zero-order valence-corrected chi connectivity index (χ0v) is 11.8. The lowest BCUT2D eigenvalue weighted by Gasteiger charge is -2.07. The molecule has 98 valence electrons.